The highest BCUT2D eigenvalue weighted by molar-refractivity contribution is 6.39. The Hall–Kier alpha value is -3.81. The molecule has 124 valence electrons. The summed E-state index contributed by atoms with van der Waals surface area (Å²) < 4.78 is 0. The van der Waals surface area contributed by atoms with E-state index in [1.165, 1.54) is 30.3 Å². The lowest BCUT2D eigenvalue weighted by atomic mass is 10.1. The fraction of sp³-hybridized carbons (Fsp3) is 0. The van der Waals surface area contributed by atoms with Crippen LogP contribution in [0.2, 0.25) is 0 Å². The minimum atomic E-state index is -0.853. The average molecular weight is 337 g/mol. The minimum Gasteiger partial charge on any atom is -0.273 e. The second-order valence-electron chi connectivity index (χ2n) is 5.15. The third kappa shape index (κ3) is 3.13. The maximum atomic E-state index is 12.6. The van der Waals surface area contributed by atoms with Crippen molar-refractivity contribution >= 4 is 35.3 Å². The number of benzene rings is 2. The highest BCUT2D eigenvalue weighted by Gasteiger charge is 2.36. The van der Waals surface area contributed by atoms with Crippen molar-refractivity contribution in [2.24, 2.45) is 0 Å². The average Bonchev–Trinajstić information content (AvgIpc) is 2.59. The summed E-state index contributed by atoms with van der Waals surface area (Å²) in [6.45, 7) is 0. The van der Waals surface area contributed by atoms with Gasteiger partial charge in [-0.15, -0.1) is 0 Å². The zero-order valence-electron chi connectivity index (χ0n) is 12.7. The molecule has 1 N–H and O–H groups in total. The van der Waals surface area contributed by atoms with Gasteiger partial charge in [-0.2, -0.15) is 0 Å². The molecule has 1 fully saturated rings. The predicted octanol–water partition coefficient (Wildman–Crippen LogP) is 2.26. The molecule has 0 saturated carbocycles. The van der Waals surface area contributed by atoms with Crippen LogP contribution in [0.1, 0.15) is 5.56 Å². The summed E-state index contributed by atoms with van der Waals surface area (Å²) in [7, 11) is 0. The SMILES string of the molecule is O=C1NC(=O)N(c2ccccc2)C(=O)/C1=C/c1cccc([N+](=O)[O-])c1. The fourth-order valence-corrected chi connectivity index (χ4v) is 2.36. The number of hydrogen-bond acceptors (Lipinski definition) is 5. The molecule has 4 amide bonds. The molecule has 0 radical (unpaired) electrons. The molecule has 3 rings (SSSR count). The van der Waals surface area contributed by atoms with Crippen molar-refractivity contribution in [3.05, 3.63) is 75.8 Å². The van der Waals surface area contributed by atoms with Crippen molar-refractivity contribution in [3.63, 3.8) is 0 Å². The molecule has 0 spiro atoms. The predicted molar refractivity (Wildman–Crippen MR) is 88.5 cm³/mol. The van der Waals surface area contributed by atoms with Gasteiger partial charge in [0.05, 0.1) is 10.6 Å². The molecule has 25 heavy (non-hydrogen) atoms. The van der Waals surface area contributed by atoms with Gasteiger partial charge in [-0.05, 0) is 23.8 Å². The van der Waals surface area contributed by atoms with E-state index in [2.05, 4.69) is 5.32 Å². The molecule has 2 aromatic rings. The normalized spacial score (nSPS) is 16.1. The number of para-hydroxylation sites is 1. The third-order valence-corrected chi connectivity index (χ3v) is 3.51. The van der Waals surface area contributed by atoms with E-state index in [9.17, 15) is 24.5 Å². The Labute approximate surface area is 141 Å². The molecular weight excluding hydrogens is 326 g/mol. The first-order valence-corrected chi connectivity index (χ1v) is 7.18. The number of non-ortho nitro benzene ring substituents is 1. The Morgan fingerprint density at radius 2 is 1.72 bits per heavy atom. The monoisotopic (exact) mass is 337 g/mol. The number of nitrogens with one attached hydrogen (secondary N) is 1. The van der Waals surface area contributed by atoms with Gasteiger partial charge in [-0.25, -0.2) is 9.69 Å². The van der Waals surface area contributed by atoms with Crippen LogP contribution >= 0.6 is 0 Å². The molecule has 0 aliphatic carbocycles. The Morgan fingerprint density at radius 1 is 1.00 bits per heavy atom. The molecule has 1 heterocycles. The van der Waals surface area contributed by atoms with Crippen molar-refractivity contribution in [3.8, 4) is 0 Å². The van der Waals surface area contributed by atoms with Crippen molar-refractivity contribution in [2.45, 2.75) is 0 Å². The van der Waals surface area contributed by atoms with Crippen molar-refractivity contribution in [1.29, 1.82) is 0 Å². The highest BCUT2D eigenvalue weighted by atomic mass is 16.6. The van der Waals surface area contributed by atoms with Crippen LogP contribution in [-0.4, -0.2) is 22.8 Å². The first-order valence-electron chi connectivity index (χ1n) is 7.18. The van der Waals surface area contributed by atoms with Crippen LogP contribution in [0.3, 0.4) is 0 Å². The number of hydrogen-bond donors (Lipinski definition) is 1. The lowest BCUT2D eigenvalue weighted by Crippen LogP contribution is -2.54. The van der Waals surface area contributed by atoms with E-state index in [-0.39, 0.29) is 11.3 Å². The van der Waals surface area contributed by atoms with Crippen molar-refractivity contribution in [1.82, 2.24) is 5.32 Å². The van der Waals surface area contributed by atoms with E-state index < -0.39 is 22.8 Å². The van der Waals surface area contributed by atoms with Crippen LogP contribution in [-0.2, 0) is 9.59 Å². The summed E-state index contributed by atoms with van der Waals surface area (Å²) in [6.07, 6.45) is 1.22. The topological polar surface area (TPSA) is 110 Å². The zero-order valence-corrected chi connectivity index (χ0v) is 12.7. The standard InChI is InChI=1S/C17H11N3O5/c21-15-14(10-11-5-4-8-13(9-11)20(24)25)16(22)19(17(23)18-15)12-6-2-1-3-7-12/h1-10H,(H,18,21,23)/b14-10+. The van der Waals surface area contributed by atoms with Crippen LogP contribution in [0.5, 0.6) is 0 Å². The number of imide groups is 2. The smallest absolute Gasteiger partial charge is 0.273 e. The molecule has 1 saturated heterocycles. The summed E-state index contributed by atoms with van der Waals surface area (Å²) in [5.41, 5.74) is 0.149. The van der Waals surface area contributed by atoms with E-state index in [0.29, 0.717) is 11.3 Å². The Kier molecular flexibility index (Phi) is 4.09. The molecule has 8 heteroatoms. The summed E-state index contributed by atoms with van der Waals surface area (Å²) >= 11 is 0. The maximum Gasteiger partial charge on any atom is 0.335 e. The van der Waals surface area contributed by atoms with E-state index in [0.717, 1.165) is 4.90 Å². The van der Waals surface area contributed by atoms with Gasteiger partial charge in [0.15, 0.2) is 0 Å². The van der Waals surface area contributed by atoms with E-state index >= 15 is 0 Å². The number of barbiturate groups is 1. The van der Waals surface area contributed by atoms with E-state index in [1.54, 1.807) is 30.3 Å². The van der Waals surface area contributed by atoms with Crippen LogP contribution in [0.15, 0.2) is 60.2 Å². The molecular formula is C17H11N3O5. The highest BCUT2D eigenvalue weighted by Crippen LogP contribution is 2.22. The Morgan fingerprint density at radius 3 is 2.40 bits per heavy atom. The number of rotatable bonds is 3. The molecule has 0 bridgehead atoms. The number of nitrogens with zero attached hydrogens (tertiary/aromatic N) is 2. The molecule has 0 atom stereocenters. The number of nitro groups is 1. The molecule has 8 nitrogen and oxygen atoms in total. The van der Waals surface area contributed by atoms with Crippen LogP contribution in [0.25, 0.3) is 6.08 Å². The number of nitro benzene ring substituents is 1. The number of carbonyl (C=O) groups excluding carboxylic acids is 3. The number of anilines is 1. The van der Waals surface area contributed by atoms with Crippen molar-refractivity contribution < 1.29 is 19.3 Å². The summed E-state index contributed by atoms with van der Waals surface area (Å²) in [5, 5.41) is 12.9. The lowest BCUT2D eigenvalue weighted by molar-refractivity contribution is -0.384. The van der Waals surface area contributed by atoms with Gasteiger partial charge in [0.25, 0.3) is 17.5 Å². The maximum absolute atomic E-state index is 12.6. The zero-order chi connectivity index (χ0) is 18.0. The van der Waals surface area contributed by atoms with Gasteiger partial charge in [0.2, 0.25) is 0 Å². The third-order valence-electron chi connectivity index (χ3n) is 3.51. The molecule has 0 aromatic heterocycles. The molecule has 2 aromatic carbocycles. The second-order valence-corrected chi connectivity index (χ2v) is 5.15. The minimum absolute atomic E-state index is 0.172. The van der Waals surface area contributed by atoms with Gasteiger partial charge in [-0.1, -0.05) is 30.3 Å². The van der Waals surface area contributed by atoms with Crippen molar-refractivity contribution in [2.75, 3.05) is 4.90 Å². The lowest BCUT2D eigenvalue weighted by Gasteiger charge is -2.26. The number of amides is 4. The molecule has 1 aliphatic heterocycles. The molecule has 1 aliphatic rings. The number of urea groups is 1. The largest absolute Gasteiger partial charge is 0.335 e. The van der Waals surface area contributed by atoms with Gasteiger partial charge in [0, 0.05) is 12.1 Å². The Balaban J connectivity index is 2.02. The van der Waals surface area contributed by atoms with Crippen LogP contribution in [0, 0.1) is 10.1 Å². The first-order chi connectivity index (χ1) is 12.0. The second kappa shape index (κ2) is 6.36. The quantitative estimate of drug-likeness (QED) is 0.400. The summed E-state index contributed by atoms with van der Waals surface area (Å²) in [5.74, 6) is -1.65. The first kappa shape index (κ1) is 16.1. The summed E-state index contributed by atoms with van der Waals surface area (Å²) in [4.78, 5) is 47.8. The number of carbonyl (C=O) groups is 3. The van der Waals surface area contributed by atoms with Gasteiger partial charge < -0.3 is 0 Å². The molecule has 0 unspecified atom stereocenters. The van der Waals surface area contributed by atoms with E-state index in [1.807, 2.05) is 0 Å². The Bertz CT molecular complexity index is 921. The fourth-order valence-electron chi connectivity index (χ4n) is 2.36. The van der Waals surface area contributed by atoms with Gasteiger partial charge >= 0.3 is 6.03 Å². The van der Waals surface area contributed by atoms with Crippen LogP contribution < -0.4 is 10.2 Å². The van der Waals surface area contributed by atoms with Gasteiger partial charge in [-0.3, -0.25) is 25.0 Å². The summed E-state index contributed by atoms with van der Waals surface area (Å²) in [6, 6.07) is 12.8. The van der Waals surface area contributed by atoms with Gasteiger partial charge in [0.1, 0.15) is 5.57 Å². The van der Waals surface area contributed by atoms with Crippen LogP contribution in [0.4, 0.5) is 16.2 Å². The van der Waals surface area contributed by atoms with E-state index in [4.69, 9.17) is 0 Å².